The van der Waals surface area contributed by atoms with E-state index >= 15 is 0 Å². The maximum atomic E-state index is 12.3. The second kappa shape index (κ2) is 6.34. The summed E-state index contributed by atoms with van der Waals surface area (Å²) in [7, 11) is 0. The second-order valence-electron chi connectivity index (χ2n) is 5.31. The number of hydrogen-bond acceptors (Lipinski definition) is 4. The first-order valence-electron chi connectivity index (χ1n) is 7.42. The quantitative estimate of drug-likeness (QED) is 0.801. The van der Waals surface area contributed by atoms with E-state index in [1.807, 2.05) is 44.2 Å². The molecular formula is C17H17N3O2S. The maximum absolute atomic E-state index is 12.3. The zero-order valence-electron chi connectivity index (χ0n) is 13.0. The molecule has 0 saturated heterocycles. The number of rotatable bonds is 4. The smallest absolute Gasteiger partial charge is 0.307 e. The van der Waals surface area contributed by atoms with Crippen molar-refractivity contribution in [1.29, 1.82) is 0 Å². The number of aryl methyl sites for hydroxylation is 2. The lowest BCUT2D eigenvalue weighted by Gasteiger charge is -2.11. The molecule has 0 aliphatic carbocycles. The normalized spacial score (nSPS) is 10.9. The number of pyridine rings is 1. The van der Waals surface area contributed by atoms with Crippen LogP contribution in [0.1, 0.15) is 18.3 Å². The summed E-state index contributed by atoms with van der Waals surface area (Å²) in [5.41, 5.74) is 3.30. The Morgan fingerprint density at radius 2 is 2.13 bits per heavy atom. The third-order valence-corrected chi connectivity index (χ3v) is 4.56. The molecule has 1 amide bonds. The highest BCUT2D eigenvalue weighted by Gasteiger charge is 2.11. The third-order valence-electron chi connectivity index (χ3n) is 3.68. The van der Waals surface area contributed by atoms with Gasteiger partial charge in [-0.15, -0.1) is 0 Å². The number of carbonyl (C=O) groups excluding carboxylic acids is 1. The van der Waals surface area contributed by atoms with Crippen molar-refractivity contribution in [3.05, 3.63) is 56.8 Å². The highest BCUT2D eigenvalue weighted by molar-refractivity contribution is 7.07. The molecule has 118 valence electrons. The van der Waals surface area contributed by atoms with E-state index in [2.05, 4.69) is 10.3 Å². The summed E-state index contributed by atoms with van der Waals surface area (Å²) in [6.07, 6.45) is 0.788. The van der Waals surface area contributed by atoms with Crippen LogP contribution in [-0.2, 0) is 17.8 Å². The molecule has 0 unspecified atom stereocenters. The Hall–Kier alpha value is -2.47. The van der Waals surface area contributed by atoms with Crippen molar-refractivity contribution in [3.63, 3.8) is 0 Å². The van der Waals surface area contributed by atoms with Gasteiger partial charge < -0.3 is 5.32 Å². The second-order valence-corrected chi connectivity index (χ2v) is 6.13. The van der Waals surface area contributed by atoms with Crippen molar-refractivity contribution in [2.75, 3.05) is 5.32 Å². The monoisotopic (exact) mass is 327 g/mol. The Kier molecular flexibility index (Phi) is 4.25. The number of anilines is 1. The minimum atomic E-state index is -0.216. The van der Waals surface area contributed by atoms with E-state index < -0.39 is 0 Å². The fourth-order valence-electron chi connectivity index (χ4n) is 2.44. The summed E-state index contributed by atoms with van der Waals surface area (Å²) < 4.78 is 1.48. The Morgan fingerprint density at radius 1 is 1.35 bits per heavy atom. The number of nitrogens with zero attached hydrogens (tertiary/aromatic N) is 2. The predicted molar refractivity (Wildman–Crippen MR) is 93.1 cm³/mol. The van der Waals surface area contributed by atoms with Crippen LogP contribution in [0.5, 0.6) is 0 Å². The van der Waals surface area contributed by atoms with Crippen molar-refractivity contribution >= 4 is 33.8 Å². The SMILES string of the molecule is CCc1cc(NC(=O)Cn2c(C)csc2=O)c2ccccc2n1. The summed E-state index contributed by atoms with van der Waals surface area (Å²) in [6.45, 7) is 3.87. The molecule has 2 aromatic heterocycles. The molecule has 0 aliphatic heterocycles. The largest absolute Gasteiger partial charge is 0.324 e. The fourth-order valence-corrected chi connectivity index (χ4v) is 3.18. The van der Waals surface area contributed by atoms with Crippen LogP contribution in [0.4, 0.5) is 5.69 Å². The van der Waals surface area contributed by atoms with Crippen molar-refractivity contribution < 1.29 is 4.79 Å². The van der Waals surface area contributed by atoms with Gasteiger partial charge >= 0.3 is 4.87 Å². The lowest BCUT2D eigenvalue weighted by atomic mass is 10.1. The van der Waals surface area contributed by atoms with Crippen molar-refractivity contribution in [2.45, 2.75) is 26.8 Å². The number of aromatic nitrogens is 2. The van der Waals surface area contributed by atoms with Gasteiger partial charge in [0, 0.05) is 22.2 Å². The Bertz CT molecular complexity index is 927. The van der Waals surface area contributed by atoms with Crippen molar-refractivity contribution in [3.8, 4) is 0 Å². The molecule has 2 heterocycles. The number of nitrogens with one attached hydrogen (secondary N) is 1. The molecular weight excluding hydrogens is 310 g/mol. The number of hydrogen-bond donors (Lipinski definition) is 1. The van der Waals surface area contributed by atoms with E-state index in [1.54, 1.807) is 5.38 Å². The van der Waals surface area contributed by atoms with E-state index in [0.29, 0.717) is 0 Å². The summed E-state index contributed by atoms with van der Waals surface area (Å²) in [4.78, 5) is 28.5. The van der Waals surface area contributed by atoms with E-state index in [1.165, 1.54) is 4.57 Å². The van der Waals surface area contributed by atoms with Gasteiger partial charge in [0.05, 0.1) is 11.2 Å². The van der Waals surface area contributed by atoms with Gasteiger partial charge in [-0.1, -0.05) is 36.5 Å². The van der Waals surface area contributed by atoms with Gasteiger partial charge in [0.2, 0.25) is 5.91 Å². The zero-order chi connectivity index (χ0) is 16.4. The number of thiazole rings is 1. The molecule has 0 spiro atoms. The van der Waals surface area contributed by atoms with Crippen LogP contribution < -0.4 is 10.2 Å². The van der Waals surface area contributed by atoms with Crippen molar-refractivity contribution in [1.82, 2.24) is 9.55 Å². The van der Waals surface area contributed by atoms with E-state index in [4.69, 9.17) is 0 Å². The number of fused-ring (bicyclic) bond motifs is 1. The van der Waals surface area contributed by atoms with Crippen LogP contribution in [0, 0.1) is 6.92 Å². The molecule has 1 aromatic carbocycles. The van der Waals surface area contributed by atoms with E-state index in [0.717, 1.165) is 45.7 Å². The van der Waals surface area contributed by atoms with Gasteiger partial charge in [0.25, 0.3) is 0 Å². The fraction of sp³-hybridized carbons (Fsp3) is 0.235. The highest BCUT2D eigenvalue weighted by Crippen LogP contribution is 2.23. The first kappa shape index (κ1) is 15.4. The molecule has 3 rings (SSSR count). The van der Waals surface area contributed by atoms with Crippen molar-refractivity contribution in [2.24, 2.45) is 0 Å². The molecule has 5 nitrogen and oxygen atoms in total. The molecule has 0 radical (unpaired) electrons. The summed E-state index contributed by atoms with van der Waals surface area (Å²) in [5, 5.41) is 5.57. The third kappa shape index (κ3) is 3.17. The topological polar surface area (TPSA) is 64.0 Å². The first-order chi connectivity index (χ1) is 11.1. The first-order valence-corrected chi connectivity index (χ1v) is 8.30. The minimum absolute atomic E-state index is 0.0201. The number of benzene rings is 1. The summed E-state index contributed by atoms with van der Waals surface area (Å²) in [6, 6.07) is 9.59. The van der Waals surface area contributed by atoms with Crippen LogP contribution in [0.15, 0.2) is 40.5 Å². The Labute approximate surface area is 137 Å². The van der Waals surface area contributed by atoms with Gasteiger partial charge in [-0.3, -0.25) is 19.1 Å². The molecule has 0 bridgehead atoms. The van der Waals surface area contributed by atoms with E-state index in [-0.39, 0.29) is 17.3 Å². The van der Waals surface area contributed by atoms with Crippen LogP contribution in [0.25, 0.3) is 10.9 Å². The molecule has 1 N–H and O–H groups in total. The van der Waals surface area contributed by atoms with Gasteiger partial charge in [0.1, 0.15) is 6.54 Å². The summed E-state index contributed by atoms with van der Waals surface area (Å²) >= 11 is 1.11. The molecule has 0 atom stereocenters. The van der Waals surface area contributed by atoms with Crippen LogP contribution >= 0.6 is 11.3 Å². The van der Waals surface area contributed by atoms with E-state index in [9.17, 15) is 9.59 Å². The Morgan fingerprint density at radius 3 is 2.83 bits per heavy atom. The molecule has 3 aromatic rings. The van der Waals surface area contributed by atoms with Gasteiger partial charge in [-0.25, -0.2) is 0 Å². The van der Waals surface area contributed by atoms with Crippen LogP contribution in [-0.4, -0.2) is 15.5 Å². The van der Waals surface area contributed by atoms with Crippen LogP contribution in [0.3, 0.4) is 0 Å². The lowest BCUT2D eigenvalue weighted by molar-refractivity contribution is -0.116. The van der Waals surface area contributed by atoms with Crippen LogP contribution in [0.2, 0.25) is 0 Å². The maximum Gasteiger partial charge on any atom is 0.307 e. The van der Waals surface area contributed by atoms with Gasteiger partial charge in [0.15, 0.2) is 0 Å². The molecule has 0 aliphatic rings. The van der Waals surface area contributed by atoms with Gasteiger partial charge in [-0.05, 0) is 25.5 Å². The minimum Gasteiger partial charge on any atom is -0.324 e. The highest BCUT2D eigenvalue weighted by atomic mass is 32.1. The predicted octanol–water partition coefficient (Wildman–Crippen LogP) is 2.97. The number of carbonyl (C=O) groups is 1. The molecule has 0 fully saturated rings. The average molecular weight is 327 g/mol. The number of para-hydroxylation sites is 1. The lowest BCUT2D eigenvalue weighted by Crippen LogP contribution is -2.25. The number of amides is 1. The van der Waals surface area contributed by atoms with Gasteiger partial charge in [-0.2, -0.15) is 0 Å². The Balaban J connectivity index is 1.91. The average Bonchev–Trinajstić information content (AvgIpc) is 2.86. The zero-order valence-corrected chi connectivity index (χ0v) is 13.8. The summed E-state index contributed by atoms with van der Waals surface area (Å²) in [5.74, 6) is -0.216. The molecule has 0 saturated carbocycles. The molecule has 6 heteroatoms. The standard InChI is InChI=1S/C17H17N3O2S/c1-3-12-8-15(13-6-4-5-7-14(13)18-12)19-16(21)9-20-11(2)10-23-17(20)22/h4-8,10H,3,9H2,1-2H3,(H,18,19,21). The molecule has 23 heavy (non-hydrogen) atoms.